The Hall–Kier alpha value is -2.37. The first-order valence-electron chi connectivity index (χ1n) is 5.61. The number of allylic oxidation sites excluding steroid dienone is 4. The predicted molar refractivity (Wildman–Crippen MR) is 70.8 cm³/mol. The van der Waals surface area contributed by atoms with Crippen LogP contribution in [0, 0.1) is 5.92 Å². The smallest absolute Gasteiger partial charge is 0.394 e. The summed E-state index contributed by atoms with van der Waals surface area (Å²) in [7, 11) is 0. The first-order chi connectivity index (χ1) is 8.77. The molecular weight excluding hydrogens is 248 g/mol. The molecular formula is C13H18N2O4. The zero-order chi connectivity index (χ0) is 15.0. The van der Waals surface area contributed by atoms with E-state index < -0.39 is 11.9 Å². The van der Waals surface area contributed by atoms with E-state index in [9.17, 15) is 14.4 Å². The first-order valence-corrected chi connectivity index (χ1v) is 5.61. The van der Waals surface area contributed by atoms with Crippen LogP contribution in [-0.2, 0) is 14.4 Å². The van der Waals surface area contributed by atoms with Crippen LogP contribution in [0.5, 0.6) is 0 Å². The van der Waals surface area contributed by atoms with Gasteiger partial charge < -0.3 is 16.2 Å². The highest BCUT2D eigenvalue weighted by molar-refractivity contribution is 6.32. The minimum atomic E-state index is -1.57. The Bertz CT molecular complexity index is 450. The van der Waals surface area contributed by atoms with E-state index in [1.54, 1.807) is 19.9 Å². The summed E-state index contributed by atoms with van der Waals surface area (Å²) in [5, 5.41) is 10.6. The van der Waals surface area contributed by atoms with Crippen molar-refractivity contribution in [3.63, 3.8) is 0 Å². The quantitative estimate of drug-likeness (QED) is 0.486. The molecule has 0 bridgehead atoms. The summed E-state index contributed by atoms with van der Waals surface area (Å²) in [4.78, 5) is 32.2. The number of rotatable bonds is 6. The summed E-state index contributed by atoms with van der Waals surface area (Å²) in [5.74, 6) is -3.39. The van der Waals surface area contributed by atoms with Gasteiger partial charge in [-0.1, -0.05) is 25.2 Å². The zero-order valence-corrected chi connectivity index (χ0v) is 11.0. The van der Waals surface area contributed by atoms with Gasteiger partial charge in [-0.3, -0.25) is 9.59 Å². The average molecular weight is 266 g/mol. The Kier molecular flexibility index (Phi) is 6.88. The number of nitrogens with one attached hydrogen (secondary N) is 1. The summed E-state index contributed by atoms with van der Waals surface area (Å²) >= 11 is 0. The molecule has 0 radical (unpaired) electrons. The fraction of sp³-hybridized carbons (Fsp3) is 0.308. The maximum atomic E-state index is 10.9. The molecule has 0 spiro atoms. The highest BCUT2D eigenvalue weighted by Gasteiger charge is 2.11. The van der Waals surface area contributed by atoms with Crippen LogP contribution in [0.3, 0.4) is 0 Å². The van der Waals surface area contributed by atoms with Gasteiger partial charge in [0.1, 0.15) is 0 Å². The number of primary amides is 1. The largest absolute Gasteiger partial charge is 0.474 e. The van der Waals surface area contributed by atoms with Crippen molar-refractivity contribution < 1.29 is 19.5 Å². The maximum absolute atomic E-state index is 10.9. The van der Waals surface area contributed by atoms with Crippen LogP contribution in [0.2, 0.25) is 0 Å². The molecule has 104 valence electrons. The van der Waals surface area contributed by atoms with E-state index in [-0.39, 0.29) is 17.5 Å². The van der Waals surface area contributed by atoms with E-state index in [1.807, 2.05) is 0 Å². The molecule has 0 heterocycles. The number of carboxylic acid groups (broad SMARTS) is 1. The van der Waals surface area contributed by atoms with Crippen molar-refractivity contribution in [1.29, 1.82) is 0 Å². The fourth-order valence-corrected chi connectivity index (χ4v) is 1.23. The minimum absolute atomic E-state index is 0.262. The van der Waals surface area contributed by atoms with Gasteiger partial charge in [0, 0.05) is 11.6 Å². The van der Waals surface area contributed by atoms with Crippen LogP contribution < -0.4 is 11.1 Å². The molecule has 0 rings (SSSR count). The lowest BCUT2D eigenvalue weighted by Crippen LogP contribution is -2.29. The van der Waals surface area contributed by atoms with Crippen LogP contribution in [-0.4, -0.2) is 22.9 Å². The zero-order valence-electron chi connectivity index (χ0n) is 11.0. The molecule has 0 saturated carbocycles. The van der Waals surface area contributed by atoms with Gasteiger partial charge >= 0.3 is 11.9 Å². The summed E-state index contributed by atoms with van der Waals surface area (Å²) < 4.78 is 0. The lowest BCUT2D eigenvalue weighted by molar-refractivity contribution is -0.149. The van der Waals surface area contributed by atoms with E-state index in [0.29, 0.717) is 6.42 Å². The minimum Gasteiger partial charge on any atom is -0.474 e. The predicted octanol–water partition coefficient (Wildman–Crippen LogP) is 0.715. The van der Waals surface area contributed by atoms with Crippen molar-refractivity contribution in [3.05, 3.63) is 36.1 Å². The highest BCUT2D eigenvalue weighted by atomic mass is 16.4. The van der Waals surface area contributed by atoms with Gasteiger partial charge in [0.05, 0.1) is 0 Å². The van der Waals surface area contributed by atoms with Crippen LogP contribution in [0.25, 0.3) is 0 Å². The number of aliphatic carboxylic acids is 1. The third-order valence-corrected chi connectivity index (χ3v) is 2.33. The monoisotopic (exact) mass is 266 g/mol. The first kappa shape index (κ1) is 16.6. The van der Waals surface area contributed by atoms with Gasteiger partial charge in [0.2, 0.25) is 5.91 Å². The molecule has 2 amide bonds. The molecule has 0 fully saturated rings. The standard InChI is InChI=1S/C13H18N2O4/c1-4-10(15-12(17)13(18)19)6-5-8(2)7-9(3)11(14)16/h4-6,9H,1,7H2,2-3H3,(H2,14,16)(H,15,17)(H,18,19)/b8-5+,10-6+. The molecule has 0 aliphatic carbocycles. The number of amides is 2. The third kappa shape index (κ3) is 6.82. The number of carbonyl (C=O) groups is 3. The van der Waals surface area contributed by atoms with Crippen molar-refractivity contribution >= 4 is 17.8 Å². The molecule has 19 heavy (non-hydrogen) atoms. The van der Waals surface area contributed by atoms with Crippen molar-refractivity contribution in [2.45, 2.75) is 20.3 Å². The Morgan fingerprint density at radius 3 is 2.37 bits per heavy atom. The molecule has 0 aromatic heterocycles. The van der Waals surface area contributed by atoms with Crippen LogP contribution >= 0.6 is 0 Å². The van der Waals surface area contributed by atoms with Crippen LogP contribution in [0.1, 0.15) is 20.3 Å². The molecule has 0 aliphatic heterocycles. The Labute approximate surface area is 111 Å². The summed E-state index contributed by atoms with van der Waals surface area (Å²) in [6.45, 7) is 6.97. The number of carboxylic acids is 1. The Morgan fingerprint density at radius 1 is 1.37 bits per heavy atom. The number of carbonyl (C=O) groups excluding carboxylic acids is 2. The van der Waals surface area contributed by atoms with E-state index in [2.05, 4.69) is 11.9 Å². The van der Waals surface area contributed by atoms with E-state index in [1.165, 1.54) is 12.2 Å². The topological polar surface area (TPSA) is 109 Å². The number of hydrogen-bond donors (Lipinski definition) is 3. The lowest BCUT2D eigenvalue weighted by atomic mass is 10.0. The van der Waals surface area contributed by atoms with Crippen molar-refractivity contribution in [2.75, 3.05) is 0 Å². The molecule has 4 N–H and O–H groups in total. The van der Waals surface area contributed by atoms with Gasteiger partial charge in [-0.15, -0.1) is 0 Å². The highest BCUT2D eigenvalue weighted by Crippen LogP contribution is 2.10. The lowest BCUT2D eigenvalue weighted by Gasteiger charge is -2.06. The molecule has 6 heteroatoms. The molecule has 0 aromatic rings. The maximum Gasteiger partial charge on any atom is 0.394 e. The van der Waals surface area contributed by atoms with E-state index in [0.717, 1.165) is 5.57 Å². The molecule has 1 unspecified atom stereocenters. The van der Waals surface area contributed by atoms with Crippen molar-refractivity contribution in [3.8, 4) is 0 Å². The summed E-state index contributed by atoms with van der Waals surface area (Å²) in [6, 6.07) is 0. The van der Waals surface area contributed by atoms with Gasteiger partial charge in [-0.25, -0.2) is 4.79 Å². The fourth-order valence-electron chi connectivity index (χ4n) is 1.23. The normalized spacial score (nSPS) is 13.6. The van der Waals surface area contributed by atoms with Gasteiger partial charge in [-0.2, -0.15) is 0 Å². The van der Waals surface area contributed by atoms with Gasteiger partial charge in [-0.05, 0) is 25.5 Å². The molecule has 0 aliphatic rings. The summed E-state index contributed by atoms with van der Waals surface area (Å²) in [5.41, 5.74) is 6.28. The van der Waals surface area contributed by atoms with Gasteiger partial charge in [0.15, 0.2) is 0 Å². The van der Waals surface area contributed by atoms with Crippen LogP contribution in [0.4, 0.5) is 0 Å². The number of nitrogens with two attached hydrogens (primary N) is 1. The average Bonchev–Trinajstić information content (AvgIpc) is 2.33. The second-order valence-electron chi connectivity index (χ2n) is 4.11. The molecule has 0 aromatic carbocycles. The molecule has 6 nitrogen and oxygen atoms in total. The van der Waals surface area contributed by atoms with Crippen molar-refractivity contribution in [1.82, 2.24) is 5.32 Å². The second-order valence-corrected chi connectivity index (χ2v) is 4.11. The van der Waals surface area contributed by atoms with Gasteiger partial charge in [0.25, 0.3) is 0 Å². The Morgan fingerprint density at radius 2 is 1.95 bits per heavy atom. The Balaban J connectivity index is 4.71. The number of hydrogen-bond acceptors (Lipinski definition) is 3. The molecule has 1 atom stereocenters. The van der Waals surface area contributed by atoms with E-state index in [4.69, 9.17) is 10.8 Å². The second kappa shape index (κ2) is 7.86. The van der Waals surface area contributed by atoms with Crippen molar-refractivity contribution in [2.24, 2.45) is 11.7 Å². The third-order valence-electron chi connectivity index (χ3n) is 2.33. The van der Waals surface area contributed by atoms with E-state index >= 15 is 0 Å². The summed E-state index contributed by atoms with van der Waals surface area (Å²) in [6.07, 6.45) is 4.99. The molecule has 0 saturated heterocycles. The SMILES string of the molecule is C=C/C(=C\C=C(/C)CC(C)C(N)=O)NC(=O)C(=O)O. The van der Waals surface area contributed by atoms with Crippen LogP contribution in [0.15, 0.2) is 36.1 Å².